The van der Waals surface area contributed by atoms with Crippen LogP contribution < -0.4 is 5.56 Å². The molecule has 0 radical (unpaired) electrons. The van der Waals surface area contributed by atoms with Gasteiger partial charge in [0.25, 0.3) is 5.56 Å². The Balaban J connectivity index is 1.24. The fourth-order valence-electron chi connectivity index (χ4n) is 4.25. The number of nitrogens with one attached hydrogen (secondary N) is 1. The number of carbonyl (C=O) groups is 1. The summed E-state index contributed by atoms with van der Waals surface area (Å²) in [6.45, 7) is 3.81. The number of hydrogen-bond donors (Lipinski definition) is 1. The van der Waals surface area contributed by atoms with E-state index >= 15 is 0 Å². The molecule has 7 heteroatoms. The first kappa shape index (κ1) is 19.4. The highest BCUT2D eigenvalue weighted by molar-refractivity contribution is 5.88. The average molecular weight is 413 g/mol. The van der Waals surface area contributed by atoms with Crippen molar-refractivity contribution in [2.75, 3.05) is 26.2 Å². The molecule has 1 aliphatic heterocycles. The van der Waals surface area contributed by atoms with E-state index in [2.05, 4.69) is 44.3 Å². The number of fused-ring (bicyclic) bond motifs is 2. The summed E-state index contributed by atoms with van der Waals surface area (Å²) in [5.74, 6) is 0.0381. The molecular formula is C24H23N5O2. The van der Waals surface area contributed by atoms with Crippen LogP contribution in [-0.4, -0.2) is 57.1 Å². The second kappa shape index (κ2) is 8.28. The van der Waals surface area contributed by atoms with Gasteiger partial charge in [0.2, 0.25) is 5.91 Å². The SMILES string of the molecule is O=C(Cc1n[nH]c(=O)c2ccccc12)N1CCN(Cc2cccc3cccnc23)CC1. The van der Waals surface area contributed by atoms with E-state index in [0.29, 0.717) is 24.2 Å². The number of hydrogen-bond acceptors (Lipinski definition) is 5. The average Bonchev–Trinajstić information content (AvgIpc) is 2.82. The van der Waals surface area contributed by atoms with E-state index in [9.17, 15) is 9.59 Å². The highest BCUT2D eigenvalue weighted by Crippen LogP contribution is 2.19. The minimum absolute atomic E-state index is 0.0381. The molecule has 156 valence electrons. The third kappa shape index (κ3) is 3.92. The zero-order chi connectivity index (χ0) is 21.2. The summed E-state index contributed by atoms with van der Waals surface area (Å²) < 4.78 is 0. The maximum absolute atomic E-state index is 12.9. The first-order chi connectivity index (χ1) is 15.2. The maximum Gasteiger partial charge on any atom is 0.272 e. The number of piperazine rings is 1. The Bertz CT molecular complexity index is 1300. The van der Waals surface area contributed by atoms with Crippen molar-refractivity contribution in [1.29, 1.82) is 0 Å². The molecule has 31 heavy (non-hydrogen) atoms. The van der Waals surface area contributed by atoms with Gasteiger partial charge in [-0.2, -0.15) is 5.10 Å². The molecule has 0 atom stereocenters. The fraction of sp³-hybridized carbons (Fsp3) is 0.250. The topological polar surface area (TPSA) is 82.2 Å². The van der Waals surface area contributed by atoms with Crippen molar-refractivity contribution < 1.29 is 4.79 Å². The predicted molar refractivity (Wildman–Crippen MR) is 120 cm³/mol. The lowest BCUT2D eigenvalue weighted by Gasteiger charge is -2.35. The van der Waals surface area contributed by atoms with Gasteiger partial charge in [0.1, 0.15) is 0 Å². The first-order valence-electron chi connectivity index (χ1n) is 10.5. The van der Waals surface area contributed by atoms with Crippen LogP contribution in [0.4, 0.5) is 0 Å². The summed E-state index contributed by atoms with van der Waals surface area (Å²) in [6, 6.07) is 17.6. The number of amides is 1. The Morgan fingerprint density at radius 1 is 0.935 bits per heavy atom. The lowest BCUT2D eigenvalue weighted by Crippen LogP contribution is -2.48. The number of pyridine rings is 1. The molecule has 1 aliphatic rings. The minimum Gasteiger partial charge on any atom is -0.340 e. The zero-order valence-corrected chi connectivity index (χ0v) is 17.1. The summed E-state index contributed by atoms with van der Waals surface area (Å²) >= 11 is 0. The molecule has 2 aromatic carbocycles. The summed E-state index contributed by atoms with van der Waals surface area (Å²) in [5.41, 5.74) is 2.63. The molecule has 0 spiro atoms. The van der Waals surface area contributed by atoms with Crippen molar-refractivity contribution >= 4 is 27.6 Å². The van der Waals surface area contributed by atoms with Gasteiger partial charge in [-0.05, 0) is 17.7 Å². The largest absolute Gasteiger partial charge is 0.340 e. The Morgan fingerprint density at radius 3 is 2.55 bits per heavy atom. The van der Waals surface area contributed by atoms with Crippen molar-refractivity contribution in [2.24, 2.45) is 0 Å². The van der Waals surface area contributed by atoms with E-state index in [-0.39, 0.29) is 17.9 Å². The van der Waals surface area contributed by atoms with Crippen LogP contribution >= 0.6 is 0 Å². The van der Waals surface area contributed by atoms with E-state index < -0.39 is 0 Å². The molecular weight excluding hydrogens is 390 g/mol. The standard InChI is InChI=1S/C24H23N5O2/c30-22(15-21-19-8-1-2-9-20(19)24(31)27-26-21)29-13-11-28(12-14-29)16-18-6-3-5-17-7-4-10-25-23(17)18/h1-10H,11-16H2,(H,27,31). The van der Waals surface area contributed by atoms with Crippen molar-refractivity contribution in [3.63, 3.8) is 0 Å². The van der Waals surface area contributed by atoms with Crippen LogP contribution in [0.1, 0.15) is 11.3 Å². The monoisotopic (exact) mass is 413 g/mol. The van der Waals surface area contributed by atoms with E-state index in [4.69, 9.17) is 0 Å². The van der Waals surface area contributed by atoms with Gasteiger partial charge < -0.3 is 4.90 Å². The quantitative estimate of drug-likeness (QED) is 0.555. The molecule has 2 aromatic heterocycles. The summed E-state index contributed by atoms with van der Waals surface area (Å²) in [7, 11) is 0. The van der Waals surface area contributed by atoms with Crippen LogP contribution in [0.15, 0.2) is 65.6 Å². The number of aromatic amines is 1. The van der Waals surface area contributed by atoms with Crippen molar-refractivity contribution in [2.45, 2.75) is 13.0 Å². The van der Waals surface area contributed by atoms with E-state index in [0.717, 1.165) is 35.9 Å². The van der Waals surface area contributed by atoms with Crippen LogP contribution in [0.5, 0.6) is 0 Å². The Morgan fingerprint density at radius 2 is 1.71 bits per heavy atom. The summed E-state index contributed by atoms with van der Waals surface area (Å²) in [5, 5.41) is 9.10. The highest BCUT2D eigenvalue weighted by atomic mass is 16.2. The van der Waals surface area contributed by atoms with Gasteiger partial charge in [-0.25, -0.2) is 5.10 Å². The molecule has 4 aromatic rings. The number of para-hydroxylation sites is 1. The lowest BCUT2D eigenvalue weighted by molar-refractivity contribution is -0.132. The molecule has 3 heterocycles. The second-order valence-electron chi connectivity index (χ2n) is 7.87. The summed E-state index contributed by atoms with van der Waals surface area (Å²) in [4.78, 5) is 33.7. The first-order valence-corrected chi connectivity index (χ1v) is 10.5. The molecule has 0 aliphatic carbocycles. The summed E-state index contributed by atoms with van der Waals surface area (Å²) in [6.07, 6.45) is 2.02. The van der Waals surface area contributed by atoms with Crippen LogP contribution in [0.3, 0.4) is 0 Å². The van der Waals surface area contributed by atoms with Crippen LogP contribution in [0.25, 0.3) is 21.7 Å². The van der Waals surface area contributed by atoms with Crippen molar-refractivity contribution in [3.8, 4) is 0 Å². The van der Waals surface area contributed by atoms with Gasteiger partial charge in [0.05, 0.1) is 23.0 Å². The molecule has 7 nitrogen and oxygen atoms in total. The van der Waals surface area contributed by atoms with Gasteiger partial charge in [0.15, 0.2) is 0 Å². The Kier molecular flexibility index (Phi) is 5.18. The molecule has 1 amide bonds. The Labute approximate surface area is 179 Å². The lowest BCUT2D eigenvalue weighted by atomic mass is 10.1. The predicted octanol–water partition coefficient (Wildman–Crippen LogP) is 2.36. The molecule has 1 saturated heterocycles. The maximum atomic E-state index is 12.9. The number of H-pyrrole nitrogens is 1. The van der Waals surface area contributed by atoms with Gasteiger partial charge in [-0.1, -0.05) is 42.5 Å². The fourth-order valence-corrected chi connectivity index (χ4v) is 4.25. The third-order valence-corrected chi connectivity index (χ3v) is 5.93. The van der Waals surface area contributed by atoms with E-state index in [1.807, 2.05) is 35.4 Å². The number of aromatic nitrogens is 3. The molecule has 1 fully saturated rings. The van der Waals surface area contributed by atoms with Gasteiger partial charge in [-0.3, -0.25) is 19.5 Å². The minimum atomic E-state index is -0.233. The highest BCUT2D eigenvalue weighted by Gasteiger charge is 2.23. The zero-order valence-electron chi connectivity index (χ0n) is 17.1. The van der Waals surface area contributed by atoms with E-state index in [1.54, 1.807) is 6.07 Å². The van der Waals surface area contributed by atoms with Crippen LogP contribution in [-0.2, 0) is 17.8 Å². The number of nitrogens with zero attached hydrogens (tertiary/aromatic N) is 4. The van der Waals surface area contributed by atoms with Crippen LogP contribution in [0, 0.1) is 0 Å². The molecule has 0 saturated carbocycles. The second-order valence-corrected chi connectivity index (χ2v) is 7.87. The number of carbonyl (C=O) groups excluding carboxylic acids is 1. The Hall–Kier alpha value is -3.58. The third-order valence-electron chi connectivity index (χ3n) is 5.93. The van der Waals surface area contributed by atoms with E-state index in [1.165, 1.54) is 5.56 Å². The molecule has 5 rings (SSSR count). The number of benzene rings is 2. The van der Waals surface area contributed by atoms with Gasteiger partial charge in [-0.15, -0.1) is 0 Å². The molecule has 0 bridgehead atoms. The van der Waals surface area contributed by atoms with Crippen molar-refractivity contribution in [1.82, 2.24) is 25.0 Å². The normalized spacial score (nSPS) is 14.9. The smallest absolute Gasteiger partial charge is 0.272 e. The molecule has 0 unspecified atom stereocenters. The van der Waals surface area contributed by atoms with Crippen LogP contribution in [0.2, 0.25) is 0 Å². The number of rotatable bonds is 4. The molecule has 1 N–H and O–H groups in total. The van der Waals surface area contributed by atoms with Crippen molar-refractivity contribution in [3.05, 3.63) is 82.4 Å². The van der Waals surface area contributed by atoms with Gasteiger partial charge in [0, 0.05) is 49.7 Å². The van der Waals surface area contributed by atoms with Gasteiger partial charge >= 0.3 is 0 Å².